The fourth-order valence-electron chi connectivity index (χ4n) is 4.30. The molecule has 1 aromatic heterocycles. The third-order valence-electron chi connectivity index (χ3n) is 5.88. The van der Waals surface area contributed by atoms with Gasteiger partial charge in [0, 0.05) is 30.1 Å². The Morgan fingerprint density at radius 1 is 1.22 bits per heavy atom. The minimum atomic E-state index is -0.975. The SMILES string of the molecule is CC1CCCN(c2ccc3c(n2)Oc2ccccc2[C@@H]3C(C)(C)C(=O)O)C1. The molecule has 142 valence electrons. The molecule has 2 atom stereocenters. The van der Waals surface area contributed by atoms with E-state index in [-0.39, 0.29) is 5.92 Å². The van der Waals surface area contributed by atoms with E-state index in [4.69, 9.17) is 9.72 Å². The number of piperidine rings is 1. The van der Waals surface area contributed by atoms with E-state index in [2.05, 4.69) is 11.8 Å². The Hall–Kier alpha value is -2.56. The molecule has 3 heterocycles. The lowest BCUT2D eigenvalue weighted by Gasteiger charge is -2.37. The summed E-state index contributed by atoms with van der Waals surface area (Å²) in [6.07, 6.45) is 2.42. The first-order valence-electron chi connectivity index (χ1n) is 9.64. The first-order chi connectivity index (χ1) is 12.9. The van der Waals surface area contributed by atoms with Crippen LogP contribution in [0.3, 0.4) is 0 Å². The highest BCUT2D eigenvalue weighted by Gasteiger charge is 2.44. The fraction of sp³-hybridized carbons (Fsp3) is 0.455. The molecule has 0 radical (unpaired) electrons. The van der Waals surface area contributed by atoms with Crippen LogP contribution in [0.15, 0.2) is 36.4 Å². The molecule has 27 heavy (non-hydrogen) atoms. The summed E-state index contributed by atoms with van der Waals surface area (Å²) < 4.78 is 6.11. The third kappa shape index (κ3) is 3.05. The average Bonchev–Trinajstić information content (AvgIpc) is 2.65. The first-order valence-corrected chi connectivity index (χ1v) is 9.64. The van der Waals surface area contributed by atoms with Crippen LogP contribution in [0.5, 0.6) is 11.6 Å². The number of carboxylic acid groups (broad SMARTS) is 1. The Morgan fingerprint density at radius 3 is 2.74 bits per heavy atom. The van der Waals surface area contributed by atoms with E-state index in [1.165, 1.54) is 6.42 Å². The Balaban J connectivity index is 1.79. The van der Waals surface area contributed by atoms with Crippen molar-refractivity contribution in [3.8, 4) is 11.6 Å². The molecule has 2 aromatic rings. The van der Waals surface area contributed by atoms with Gasteiger partial charge in [0.2, 0.25) is 5.88 Å². The van der Waals surface area contributed by atoms with Crippen LogP contribution < -0.4 is 9.64 Å². The van der Waals surface area contributed by atoms with Gasteiger partial charge in [-0.3, -0.25) is 4.79 Å². The van der Waals surface area contributed by atoms with Crippen molar-refractivity contribution >= 4 is 11.8 Å². The predicted molar refractivity (Wildman–Crippen MR) is 105 cm³/mol. The summed E-state index contributed by atoms with van der Waals surface area (Å²) in [7, 11) is 0. The van der Waals surface area contributed by atoms with Crippen molar-refractivity contribution in [2.75, 3.05) is 18.0 Å². The van der Waals surface area contributed by atoms with Gasteiger partial charge in [-0.25, -0.2) is 0 Å². The number of ether oxygens (including phenoxy) is 1. The summed E-state index contributed by atoms with van der Waals surface area (Å²) in [6, 6.07) is 11.7. The van der Waals surface area contributed by atoms with Gasteiger partial charge in [-0.15, -0.1) is 0 Å². The number of carboxylic acids is 1. The highest BCUT2D eigenvalue weighted by molar-refractivity contribution is 5.77. The molecule has 5 heteroatoms. The minimum absolute atomic E-state index is 0.309. The number of nitrogens with zero attached hydrogens (tertiary/aromatic N) is 2. The number of hydrogen-bond acceptors (Lipinski definition) is 4. The van der Waals surface area contributed by atoms with Crippen molar-refractivity contribution < 1.29 is 14.6 Å². The first kappa shape index (κ1) is 17.8. The Kier molecular flexibility index (Phi) is 4.33. The van der Waals surface area contributed by atoms with Gasteiger partial charge in [-0.2, -0.15) is 4.98 Å². The summed E-state index contributed by atoms with van der Waals surface area (Å²) in [5.41, 5.74) is 0.769. The number of carbonyl (C=O) groups is 1. The standard InChI is InChI=1S/C22H26N2O3/c1-14-7-6-12-24(13-14)18-11-10-16-19(22(2,3)21(25)26)15-8-4-5-9-17(15)27-20(16)23-18/h4-5,8-11,14,19H,6-7,12-13H2,1-3H3,(H,25,26)/t14?,19-/m0/s1. The van der Waals surface area contributed by atoms with Gasteiger partial charge in [-0.05, 0) is 50.8 Å². The number of para-hydroxylation sites is 1. The number of benzene rings is 1. The van der Waals surface area contributed by atoms with E-state index >= 15 is 0 Å². The molecule has 2 aliphatic rings. The highest BCUT2D eigenvalue weighted by atomic mass is 16.5. The van der Waals surface area contributed by atoms with E-state index in [0.29, 0.717) is 17.5 Å². The molecule has 0 spiro atoms. The number of rotatable bonds is 3. The molecule has 5 nitrogen and oxygen atoms in total. The summed E-state index contributed by atoms with van der Waals surface area (Å²) in [4.78, 5) is 19.1. The number of aromatic nitrogens is 1. The number of fused-ring (bicyclic) bond motifs is 2. The van der Waals surface area contributed by atoms with Gasteiger partial charge in [0.15, 0.2) is 0 Å². The number of anilines is 1. The molecule has 4 rings (SSSR count). The van der Waals surface area contributed by atoms with E-state index in [1.807, 2.05) is 36.4 Å². The largest absolute Gasteiger partial charge is 0.481 e. The van der Waals surface area contributed by atoms with Crippen LogP contribution in [0, 0.1) is 11.3 Å². The van der Waals surface area contributed by atoms with Crippen LogP contribution in [0.4, 0.5) is 5.82 Å². The maximum Gasteiger partial charge on any atom is 0.310 e. The lowest BCUT2D eigenvalue weighted by atomic mass is 9.70. The zero-order valence-electron chi connectivity index (χ0n) is 16.1. The molecule has 1 fully saturated rings. The van der Waals surface area contributed by atoms with Crippen molar-refractivity contribution in [1.82, 2.24) is 4.98 Å². The molecule has 2 aliphatic heterocycles. The van der Waals surface area contributed by atoms with Crippen molar-refractivity contribution in [2.24, 2.45) is 11.3 Å². The van der Waals surface area contributed by atoms with Crippen LogP contribution in [-0.4, -0.2) is 29.1 Å². The molecule has 0 saturated carbocycles. The second-order valence-corrected chi connectivity index (χ2v) is 8.36. The Morgan fingerprint density at radius 2 is 2.00 bits per heavy atom. The summed E-state index contributed by atoms with van der Waals surface area (Å²) in [5.74, 6) is 1.65. The van der Waals surface area contributed by atoms with Gasteiger partial charge < -0.3 is 14.7 Å². The monoisotopic (exact) mass is 366 g/mol. The second kappa shape index (κ2) is 6.55. The van der Waals surface area contributed by atoms with E-state index in [1.54, 1.807) is 13.8 Å². The van der Waals surface area contributed by atoms with Gasteiger partial charge in [-0.1, -0.05) is 25.1 Å². The fourth-order valence-corrected chi connectivity index (χ4v) is 4.30. The van der Waals surface area contributed by atoms with E-state index < -0.39 is 11.4 Å². The topological polar surface area (TPSA) is 62.7 Å². The van der Waals surface area contributed by atoms with Crippen LogP contribution in [-0.2, 0) is 4.79 Å². The quantitative estimate of drug-likeness (QED) is 0.855. The smallest absolute Gasteiger partial charge is 0.310 e. The zero-order valence-corrected chi connectivity index (χ0v) is 16.1. The molecule has 0 aliphatic carbocycles. The zero-order chi connectivity index (χ0) is 19.2. The third-order valence-corrected chi connectivity index (χ3v) is 5.88. The number of pyridine rings is 1. The van der Waals surface area contributed by atoms with Gasteiger partial charge in [0.1, 0.15) is 11.6 Å². The minimum Gasteiger partial charge on any atom is -0.481 e. The Labute approximate surface area is 160 Å². The van der Waals surface area contributed by atoms with Crippen LogP contribution in [0.25, 0.3) is 0 Å². The molecule has 1 aromatic carbocycles. The normalized spacial score (nSPS) is 21.8. The molecule has 1 saturated heterocycles. The second-order valence-electron chi connectivity index (χ2n) is 8.36. The summed E-state index contributed by atoms with van der Waals surface area (Å²) >= 11 is 0. The van der Waals surface area contributed by atoms with Gasteiger partial charge in [0.25, 0.3) is 0 Å². The van der Waals surface area contributed by atoms with Gasteiger partial charge in [0.05, 0.1) is 5.41 Å². The van der Waals surface area contributed by atoms with Crippen molar-refractivity contribution in [1.29, 1.82) is 0 Å². The molecule has 1 N–H and O–H groups in total. The maximum absolute atomic E-state index is 12.0. The van der Waals surface area contributed by atoms with Crippen LogP contribution in [0.1, 0.15) is 50.7 Å². The van der Waals surface area contributed by atoms with Crippen molar-refractivity contribution in [3.05, 3.63) is 47.5 Å². The lowest BCUT2D eigenvalue weighted by Crippen LogP contribution is -2.36. The highest BCUT2D eigenvalue weighted by Crippen LogP contribution is 2.51. The van der Waals surface area contributed by atoms with Crippen LogP contribution >= 0.6 is 0 Å². The summed E-state index contributed by atoms with van der Waals surface area (Å²) in [5, 5.41) is 9.86. The van der Waals surface area contributed by atoms with Crippen molar-refractivity contribution in [2.45, 2.75) is 39.5 Å². The average molecular weight is 366 g/mol. The summed E-state index contributed by atoms with van der Waals surface area (Å²) in [6.45, 7) is 7.80. The van der Waals surface area contributed by atoms with Crippen LogP contribution in [0.2, 0.25) is 0 Å². The number of hydrogen-bond donors (Lipinski definition) is 1. The Bertz CT molecular complexity index is 878. The van der Waals surface area contributed by atoms with E-state index in [9.17, 15) is 9.90 Å². The van der Waals surface area contributed by atoms with E-state index in [0.717, 1.165) is 36.5 Å². The molecule has 0 amide bonds. The van der Waals surface area contributed by atoms with Crippen molar-refractivity contribution in [3.63, 3.8) is 0 Å². The predicted octanol–water partition coefficient (Wildman–Crippen LogP) is 4.67. The number of aliphatic carboxylic acids is 1. The van der Waals surface area contributed by atoms with Gasteiger partial charge >= 0.3 is 5.97 Å². The molecular weight excluding hydrogens is 340 g/mol. The lowest BCUT2D eigenvalue weighted by molar-refractivity contribution is -0.147. The maximum atomic E-state index is 12.0. The molecule has 0 bridgehead atoms. The molecular formula is C22H26N2O3. The molecule has 1 unspecified atom stereocenters.